The van der Waals surface area contributed by atoms with E-state index in [1.807, 2.05) is 0 Å². The molecule has 6 nitrogen and oxygen atoms in total. The number of amides is 1. The summed E-state index contributed by atoms with van der Waals surface area (Å²) in [4.78, 5) is 14.7. The molecule has 0 bridgehead atoms. The van der Waals surface area contributed by atoms with Crippen molar-refractivity contribution in [1.29, 1.82) is 0 Å². The van der Waals surface area contributed by atoms with Gasteiger partial charge in [0.15, 0.2) is 0 Å². The van der Waals surface area contributed by atoms with Crippen LogP contribution in [0.3, 0.4) is 0 Å². The number of carbonyl (C=O) groups is 1. The van der Waals surface area contributed by atoms with Crippen LogP contribution in [0.2, 0.25) is 0 Å². The van der Waals surface area contributed by atoms with Crippen LogP contribution in [-0.2, 0) is 10.0 Å². The van der Waals surface area contributed by atoms with E-state index in [2.05, 4.69) is 28.8 Å². The molecule has 0 saturated carbocycles. The molecule has 29 heavy (non-hydrogen) atoms. The molecule has 0 aromatic heterocycles. The SMILES string of the molecule is CC(C)N1CCC(CNC(=O)c2ccc(S(=O)(=O)Nc3ccccc3F)cc2)C1. The molecule has 1 aliphatic rings. The third-order valence-corrected chi connectivity index (χ3v) is 6.53. The van der Waals surface area contributed by atoms with Gasteiger partial charge in [-0.05, 0) is 69.1 Å². The second-order valence-corrected chi connectivity index (χ2v) is 9.25. The van der Waals surface area contributed by atoms with E-state index in [-0.39, 0.29) is 16.5 Å². The Balaban J connectivity index is 1.59. The Labute approximate surface area is 171 Å². The Morgan fingerprint density at radius 2 is 1.86 bits per heavy atom. The number of sulfonamides is 1. The Kier molecular flexibility index (Phi) is 6.54. The zero-order valence-corrected chi connectivity index (χ0v) is 17.4. The highest BCUT2D eigenvalue weighted by atomic mass is 32.2. The van der Waals surface area contributed by atoms with Crippen LogP contribution in [-0.4, -0.2) is 44.9 Å². The van der Waals surface area contributed by atoms with Crippen molar-refractivity contribution in [3.05, 3.63) is 59.9 Å². The van der Waals surface area contributed by atoms with Gasteiger partial charge in [0.2, 0.25) is 0 Å². The maximum atomic E-state index is 13.7. The van der Waals surface area contributed by atoms with E-state index in [4.69, 9.17) is 0 Å². The zero-order valence-electron chi connectivity index (χ0n) is 16.6. The molecule has 156 valence electrons. The molecule has 1 atom stereocenters. The summed E-state index contributed by atoms with van der Waals surface area (Å²) in [7, 11) is -3.95. The molecule has 1 heterocycles. The maximum Gasteiger partial charge on any atom is 0.261 e. The number of carbonyl (C=O) groups excluding carboxylic acids is 1. The molecule has 2 N–H and O–H groups in total. The summed E-state index contributed by atoms with van der Waals surface area (Å²) in [5.41, 5.74) is 0.259. The minimum absolute atomic E-state index is 0.0410. The van der Waals surface area contributed by atoms with Gasteiger partial charge in [-0.15, -0.1) is 0 Å². The number of nitrogens with zero attached hydrogens (tertiary/aromatic N) is 1. The average molecular weight is 420 g/mol. The van der Waals surface area contributed by atoms with Crippen molar-refractivity contribution in [3.8, 4) is 0 Å². The van der Waals surface area contributed by atoms with Gasteiger partial charge in [0.05, 0.1) is 10.6 Å². The van der Waals surface area contributed by atoms with Crippen molar-refractivity contribution in [2.45, 2.75) is 31.2 Å². The number of anilines is 1. The number of para-hydroxylation sites is 1. The number of hydrogen-bond acceptors (Lipinski definition) is 4. The Morgan fingerprint density at radius 1 is 1.17 bits per heavy atom. The van der Waals surface area contributed by atoms with Crippen LogP contribution in [0.1, 0.15) is 30.6 Å². The van der Waals surface area contributed by atoms with E-state index in [0.29, 0.717) is 24.1 Å². The van der Waals surface area contributed by atoms with E-state index in [1.165, 1.54) is 42.5 Å². The molecular weight excluding hydrogens is 393 g/mol. The lowest BCUT2D eigenvalue weighted by Crippen LogP contribution is -2.33. The van der Waals surface area contributed by atoms with Crippen molar-refractivity contribution in [2.75, 3.05) is 24.4 Å². The maximum absolute atomic E-state index is 13.7. The van der Waals surface area contributed by atoms with Crippen molar-refractivity contribution in [1.82, 2.24) is 10.2 Å². The Hall–Kier alpha value is -2.45. The average Bonchev–Trinajstić information content (AvgIpc) is 3.17. The number of halogens is 1. The highest BCUT2D eigenvalue weighted by Gasteiger charge is 2.24. The van der Waals surface area contributed by atoms with Crippen molar-refractivity contribution in [2.24, 2.45) is 5.92 Å². The van der Waals surface area contributed by atoms with Crippen LogP contribution in [0.15, 0.2) is 53.4 Å². The number of nitrogens with one attached hydrogen (secondary N) is 2. The van der Waals surface area contributed by atoms with Gasteiger partial charge in [-0.3, -0.25) is 9.52 Å². The van der Waals surface area contributed by atoms with Gasteiger partial charge in [-0.2, -0.15) is 0 Å². The van der Waals surface area contributed by atoms with Gasteiger partial charge in [0.1, 0.15) is 5.82 Å². The molecule has 1 amide bonds. The fraction of sp³-hybridized carbons (Fsp3) is 0.381. The lowest BCUT2D eigenvalue weighted by Gasteiger charge is -2.20. The van der Waals surface area contributed by atoms with E-state index >= 15 is 0 Å². The van der Waals surface area contributed by atoms with Gasteiger partial charge < -0.3 is 10.2 Å². The highest BCUT2D eigenvalue weighted by molar-refractivity contribution is 7.92. The van der Waals surface area contributed by atoms with Gasteiger partial charge >= 0.3 is 0 Å². The number of hydrogen-bond donors (Lipinski definition) is 2. The van der Waals surface area contributed by atoms with Crippen LogP contribution in [0, 0.1) is 11.7 Å². The molecule has 1 unspecified atom stereocenters. The normalized spacial score (nSPS) is 17.4. The van der Waals surface area contributed by atoms with E-state index in [9.17, 15) is 17.6 Å². The standard InChI is InChI=1S/C21H26FN3O3S/c1-15(2)25-12-11-16(14-25)13-23-21(26)17-7-9-18(10-8-17)29(27,28)24-20-6-4-3-5-19(20)22/h3-10,15-16,24H,11-14H2,1-2H3,(H,23,26). The van der Waals surface area contributed by atoms with E-state index in [0.717, 1.165) is 19.5 Å². The largest absolute Gasteiger partial charge is 0.352 e. The molecule has 0 radical (unpaired) electrons. The first kappa shape index (κ1) is 21.3. The van der Waals surface area contributed by atoms with Gasteiger partial charge in [0.25, 0.3) is 15.9 Å². The summed E-state index contributed by atoms with van der Waals surface area (Å²) in [6.07, 6.45) is 1.05. The quantitative estimate of drug-likeness (QED) is 0.723. The predicted octanol–water partition coefficient (Wildman–Crippen LogP) is 3.09. The van der Waals surface area contributed by atoms with E-state index in [1.54, 1.807) is 6.07 Å². The first-order valence-electron chi connectivity index (χ1n) is 9.66. The Morgan fingerprint density at radius 3 is 2.48 bits per heavy atom. The van der Waals surface area contributed by atoms with Crippen LogP contribution >= 0.6 is 0 Å². The third-order valence-electron chi connectivity index (χ3n) is 5.14. The van der Waals surface area contributed by atoms with Crippen molar-refractivity contribution >= 4 is 21.6 Å². The minimum Gasteiger partial charge on any atom is -0.352 e. The van der Waals surface area contributed by atoms with Crippen LogP contribution < -0.4 is 10.0 Å². The van der Waals surface area contributed by atoms with Gasteiger partial charge in [-0.1, -0.05) is 12.1 Å². The van der Waals surface area contributed by atoms with Crippen molar-refractivity contribution in [3.63, 3.8) is 0 Å². The lowest BCUT2D eigenvalue weighted by molar-refractivity contribution is 0.0947. The van der Waals surface area contributed by atoms with Crippen LogP contribution in [0.4, 0.5) is 10.1 Å². The second-order valence-electron chi connectivity index (χ2n) is 7.56. The molecule has 1 saturated heterocycles. The summed E-state index contributed by atoms with van der Waals surface area (Å²) < 4.78 is 40.8. The summed E-state index contributed by atoms with van der Waals surface area (Å²) in [5, 5.41) is 2.93. The monoisotopic (exact) mass is 419 g/mol. The molecular formula is C21H26FN3O3S. The smallest absolute Gasteiger partial charge is 0.261 e. The molecule has 3 rings (SSSR count). The first-order chi connectivity index (χ1) is 13.8. The minimum atomic E-state index is -3.95. The van der Waals surface area contributed by atoms with Crippen LogP contribution in [0.25, 0.3) is 0 Å². The molecule has 8 heteroatoms. The summed E-state index contributed by atoms with van der Waals surface area (Å²) in [5.74, 6) is -0.472. The van der Waals surface area contributed by atoms with Crippen LogP contribution in [0.5, 0.6) is 0 Å². The second kappa shape index (κ2) is 8.92. The lowest BCUT2D eigenvalue weighted by atomic mass is 10.1. The van der Waals surface area contributed by atoms with Crippen molar-refractivity contribution < 1.29 is 17.6 Å². The number of benzene rings is 2. The topological polar surface area (TPSA) is 78.5 Å². The zero-order chi connectivity index (χ0) is 21.0. The first-order valence-corrected chi connectivity index (χ1v) is 11.1. The molecule has 2 aromatic rings. The fourth-order valence-corrected chi connectivity index (χ4v) is 4.44. The van der Waals surface area contributed by atoms with E-state index < -0.39 is 15.8 Å². The predicted molar refractivity (Wildman–Crippen MR) is 111 cm³/mol. The fourth-order valence-electron chi connectivity index (χ4n) is 3.37. The Bertz CT molecular complexity index is 961. The summed E-state index contributed by atoms with van der Waals surface area (Å²) in [6, 6.07) is 11.6. The van der Waals surface area contributed by atoms with Gasteiger partial charge in [0, 0.05) is 24.7 Å². The summed E-state index contributed by atoms with van der Waals surface area (Å²) >= 11 is 0. The molecule has 0 spiro atoms. The number of rotatable bonds is 7. The summed E-state index contributed by atoms with van der Waals surface area (Å²) in [6.45, 7) is 6.93. The highest BCUT2D eigenvalue weighted by Crippen LogP contribution is 2.20. The molecule has 1 aliphatic heterocycles. The molecule has 2 aromatic carbocycles. The third kappa shape index (κ3) is 5.33. The molecule has 1 fully saturated rings. The molecule has 0 aliphatic carbocycles. The number of likely N-dealkylation sites (tertiary alicyclic amines) is 1. The van der Waals surface area contributed by atoms with Gasteiger partial charge in [-0.25, -0.2) is 12.8 Å².